The van der Waals surface area contributed by atoms with E-state index < -0.39 is 6.10 Å². The largest absolute Gasteiger partial charge is 0.486 e. The number of para-hydroxylation sites is 2. The lowest BCUT2D eigenvalue weighted by atomic mass is 10.2. The third kappa shape index (κ3) is 4.60. The summed E-state index contributed by atoms with van der Waals surface area (Å²) in [5.41, 5.74) is 0. The lowest BCUT2D eigenvalue weighted by Gasteiger charge is -2.34. The molecule has 0 amide bonds. The lowest BCUT2D eigenvalue weighted by molar-refractivity contribution is -0.909. The smallest absolute Gasteiger partial charge is 0.161 e. The van der Waals surface area contributed by atoms with Gasteiger partial charge in [0.05, 0.1) is 33.4 Å². The summed E-state index contributed by atoms with van der Waals surface area (Å²) in [5.74, 6) is 1.53. The van der Waals surface area contributed by atoms with Crippen molar-refractivity contribution >= 4 is 0 Å². The maximum atomic E-state index is 10.1. The Morgan fingerprint density at radius 1 is 1.27 bits per heavy atom. The minimum Gasteiger partial charge on any atom is -0.486 e. The average Bonchev–Trinajstić information content (AvgIpc) is 2.54. The van der Waals surface area contributed by atoms with Gasteiger partial charge < -0.3 is 23.8 Å². The molecule has 0 radical (unpaired) electrons. The van der Waals surface area contributed by atoms with Crippen molar-refractivity contribution in [1.29, 1.82) is 0 Å². The quantitative estimate of drug-likeness (QED) is 0.742. The molecule has 1 aliphatic heterocycles. The Labute approximate surface area is 133 Å². The Balaban J connectivity index is 1.71. The second kappa shape index (κ2) is 7.81. The third-order valence-corrected chi connectivity index (χ3v) is 4.36. The lowest BCUT2D eigenvalue weighted by Crippen LogP contribution is -2.49. The summed E-state index contributed by atoms with van der Waals surface area (Å²) in [5, 5.41) is 10.1. The molecule has 0 saturated carbocycles. The molecule has 1 aliphatic rings. The van der Waals surface area contributed by atoms with E-state index in [-0.39, 0.29) is 6.10 Å². The number of quaternary nitrogens is 1. The van der Waals surface area contributed by atoms with E-state index in [4.69, 9.17) is 14.2 Å². The maximum Gasteiger partial charge on any atom is 0.161 e. The first-order valence-corrected chi connectivity index (χ1v) is 8.04. The molecule has 1 N–H and O–H groups in total. The zero-order valence-electron chi connectivity index (χ0n) is 13.8. The fraction of sp³-hybridized carbons (Fsp3) is 0.647. The fourth-order valence-corrected chi connectivity index (χ4v) is 2.52. The predicted molar refractivity (Wildman–Crippen MR) is 85.3 cm³/mol. The topological polar surface area (TPSA) is 47.9 Å². The highest BCUT2D eigenvalue weighted by molar-refractivity contribution is 5.40. The second-order valence-corrected chi connectivity index (χ2v) is 6.12. The summed E-state index contributed by atoms with van der Waals surface area (Å²) in [7, 11) is 2.15. The Morgan fingerprint density at radius 2 is 1.95 bits per heavy atom. The molecule has 124 valence electrons. The van der Waals surface area contributed by atoms with Crippen molar-refractivity contribution in [2.24, 2.45) is 0 Å². The molecule has 0 aliphatic carbocycles. The summed E-state index contributed by atoms with van der Waals surface area (Å²) in [6, 6.07) is 7.63. The van der Waals surface area contributed by atoms with Gasteiger partial charge in [0.2, 0.25) is 0 Å². The molecule has 0 saturated heterocycles. The molecule has 0 spiro atoms. The van der Waals surface area contributed by atoms with Crippen LogP contribution < -0.4 is 9.47 Å². The summed E-state index contributed by atoms with van der Waals surface area (Å²) < 4.78 is 17.9. The number of nitrogens with zero attached hydrogens (tertiary/aromatic N) is 1. The Bertz CT molecular complexity index is 462. The number of fused-ring (bicyclic) bond motifs is 1. The van der Waals surface area contributed by atoms with Gasteiger partial charge in [0, 0.05) is 0 Å². The van der Waals surface area contributed by atoms with Gasteiger partial charge in [-0.05, 0) is 26.0 Å². The number of aliphatic hydroxyl groups is 1. The van der Waals surface area contributed by atoms with Crippen LogP contribution in [-0.4, -0.2) is 68.3 Å². The Kier molecular flexibility index (Phi) is 6.06. The predicted octanol–water partition coefficient (Wildman–Crippen LogP) is 1.69. The first kappa shape index (κ1) is 17.1. The highest BCUT2D eigenvalue weighted by atomic mass is 16.6. The molecule has 22 heavy (non-hydrogen) atoms. The molecule has 5 nitrogen and oxygen atoms in total. The van der Waals surface area contributed by atoms with Gasteiger partial charge in [-0.3, -0.25) is 0 Å². The minimum atomic E-state index is -0.457. The van der Waals surface area contributed by atoms with Crippen LogP contribution in [-0.2, 0) is 4.74 Å². The minimum absolute atomic E-state index is 0.125. The molecule has 2 atom stereocenters. The molecule has 1 aromatic rings. The van der Waals surface area contributed by atoms with Gasteiger partial charge >= 0.3 is 0 Å². The van der Waals surface area contributed by atoms with E-state index >= 15 is 0 Å². The van der Waals surface area contributed by atoms with E-state index in [2.05, 4.69) is 20.9 Å². The van der Waals surface area contributed by atoms with Gasteiger partial charge in [-0.1, -0.05) is 12.1 Å². The molecule has 0 bridgehead atoms. The normalized spacial score (nSPS) is 19.0. The van der Waals surface area contributed by atoms with E-state index in [9.17, 15) is 5.11 Å². The van der Waals surface area contributed by atoms with E-state index in [1.807, 2.05) is 24.3 Å². The molecule has 0 unspecified atom stereocenters. The van der Waals surface area contributed by atoms with E-state index in [0.29, 0.717) is 26.4 Å². The highest BCUT2D eigenvalue weighted by Crippen LogP contribution is 2.30. The van der Waals surface area contributed by atoms with Crippen LogP contribution in [0.25, 0.3) is 0 Å². The van der Waals surface area contributed by atoms with Gasteiger partial charge in [-0.2, -0.15) is 0 Å². The van der Waals surface area contributed by atoms with Gasteiger partial charge in [-0.25, -0.2) is 0 Å². The van der Waals surface area contributed by atoms with Gasteiger partial charge in [0.15, 0.2) is 17.6 Å². The van der Waals surface area contributed by atoms with Crippen molar-refractivity contribution in [1.82, 2.24) is 0 Å². The molecule has 0 aromatic heterocycles. The summed E-state index contributed by atoms with van der Waals surface area (Å²) in [4.78, 5) is 0. The van der Waals surface area contributed by atoms with Crippen LogP contribution >= 0.6 is 0 Å². The number of ether oxygens (including phenoxy) is 3. The van der Waals surface area contributed by atoms with Crippen molar-refractivity contribution in [2.75, 3.05) is 46.5 Å². The monoisotopic (exact) mass is 310 g/mol. The van der Waals surface area contributed by atoms with Crippen LogP contribution in [0.5, 0.6) is 11.5 Å². The zero-order chi connectivity index (χ0) is 16.0. The van der Waals surface area contributed by atoms with E-state index in [1.54, 1.807) is 0 Å². The average molecular weight is 310 g/mol. The van der Waals surface area contributed by atoms with Crippen LogP contribution in [0, 0.1) is 0 Å². The molecule has 0 fully saturated rings. The molecule has 5 heteroatoms. The van der Waals surface area contributed by atoms with Crippen molar-refractivity contribution in [3.05, 3.63) is 24.3 Å². The SMILES string of the molecule is CC[N+](C)(CC)C[C@H](O)COC[C@@H]1COc2ccccc2O1. The van der Waals surface area contributed by atoms with Crippen molar-refractivity contribution in [2.45, 2.75) is 26.1 Å². The number of likely N-dealkylation sites (N-methyl/N-ethyl adjacent to an activating group) is 1. The number of rotatable bonds is 8. The van der Waals surface area contributed by atoms with E-state index in [0.717, 1.165) is 29.1 Å². The maximum absolute atomic E-state index is 10.1. The van der Waals surface area contributed by atoms with Gasteiger partial charge in [0.1, 0.15) is 19.3 Å². The van der Waals surface area contributed by atoms with Gasteiger partial charge in [0.25, 0.3) is 0 Å². The van der Waals surface area contributed by atoms with Crippen LogP contribution in [0.15, 0.2) is 24.3 Å². The number of hydrogen-bond donors (Lipinski definition) is 1. The second-order valence-electron chi connectivity index (χ2n) is 6.12. The molecular weight excluding hydrogens is 282 g/mol. The molecule has 1 heterocycles. The van der Waals surface area contributed by atoms with E-state index in [1.165, 1.54) is 0 Å². The van der Waals surface area contributed by atoms with Crippen molar-refractivity contribution in [3.63, 3.8) is 0 Å². The van der Waals surface area contributed by atoms with Gasteiger partial charge in [-0.15, -0.1) is 0 Å². The Morgan fingerprint density at radius 3 is 2.64 bits per heavy atom. The number of aliphatic hydroxyl groups excluding tert-OH is 1. The van der Waals surface area contributed by atoms with Crippen molar-refractivity contribution < 1.29 is 23.8 Å². The van der Waals surface area contributed by atoms with Crippen LogP contribution in [0.2, 0.25) is 0 Å². The first-order chi connectivity index (χ1) is 10.6. The molecule has 1 aromatic carbocycles. The molecule has 2 rings (SSSR count). The van der Waals surface area contributed by atoms with Crippen molar-refractivity contribution in [3.8, 4) is 11.5 Å². The summed E-state index contributed by atoms with van der Waals surface area (Å²) in [6.45, 7) is 8.22. The van der Waals surface area contributed by atoms with Crippen LogP contribution in [0.3, 0.4) is 0 Å². The summed E-state index contributed by atoms with van der Waals surface area (Å²) >= 11 is 0. The third-order valence-electron chi connectivity index (χ3n) is 4.36. The summed E-state index contributed by atoms with van der Waals surface area (Å²) in [6.07, 6.45) is -0.581. The first-order valence-electron chi connectivity index (χ1n) is 8.04. The van der Waals surface area contributed by atoms with Crippen LogP contribution in [0.1, 0.15) is 13.8 Å². The number of hydrogen-bond acceptors (Lipinski definition) is 4. The zero-order valence-corrected chi connectivity index (χ0v) is 13.8. The number of benzene rings is 1. The van der Waals surface area contributed by atoms with Crippen LogP contribution in [0.4, 0.5) is 0 Å². The Hall–Kier alpha value is -1.30. The fourth-order valence-electron chi connectivity index (χ4n) is 2.52. The molecular formula is C17H28NO4+. The standard InChI is InChI=1S/C17H28NO4/c1-4-18(3,5-2)10-14(19)11-20-12-15-13-21-16-8-6-7-9-17(16)22-15/h6-9,14-15,19H,4-5,10-13H2,1-3H3/q+1/t14-,15+/m0/s1. The highest BCUT2D eigenvalue weighted by Gasteiger charge is 2.24.